The number of anilines is 1. The van der Waals surface area contributed by atoms with Crippen LogP contribution in [0.5, 0.6) is 0 Å². The number of carboxylic acid groups (broad SMARTS) is 1. The number of benzene rings is 2. The Morgan fingerprint density at radius 1 is 1.19 bits per heavy atom. The summed E-state index contributed by atoms with van der Waals surface area (Å²) >= 11 is 6.22. The van der Waals surface area contributed by atoms with Crippen LogP contribution >= 0.6 is 24.0 Å². The van der Waals surface area contributed by atoms with E-state index in [-0.39, 0.29) is 41.5 Å². The first-order chi connectivity index (χ1) is 14.8. The number of rotatable bonds is 5. The Bertz CT molecular complexity index is 975. The average Bonchev–Trinajstić information content (AvgIpc) is 3.07. The Morgan fingerprint density at radius 2 is 1.84 bits per heavy atom. The van der Waals surface area contributed by atoms with Crippen LogP contribution in [0.4, 0.5) is 10.5 Å². The number of nitrogens with zero attached hydrogens (tertiary/aromatic N) is 2. The molecule has 0 spiro atoms. The minimum absolute atomic E-state index is 0. The van der Waals surface area contributed by atoms with E-state index in [1.54, 1.807) is 29.2 Å². The number of hydrogen-bond donors (Lipinski definition) is 2. The standard InChI is InChI=1S/C24H28ClN3O3.ClH/c1-16-14-27(23(31)28(16)21-7-5-17(6-8-21)22(29)30)20-9-11-24(15-26,12-10-20)18-3-2-4-19(25)13-18;/h2-8,13,16,20H,9-12,14-15,26H2,1H3,(H,29,30);1H/t16-,20?,24?;/m0./s1. The van der Waals surface area contributed by atoms with Crippen LogP contribution in [0.2, 0.25) is 5.02 Å². The third-order valence-corrected chi connectivity index (χ3v) is 7.16. The van der Waals surface area contributed by atoms with E-state index in [1.165, 1.54) is 5.56 Å². The number of hydrogen-bond acceptors (Lipinski definition) is 3. The molecule has 0 aromatic heterocycles. The quantitative estimate of drug-likeness (QED) is 0.638. The summed E-state index contributed by atoms with van der Waals surface area (Å²) in [5.41, 5.74) is 8.26. The molecular formula is C24H29Cl2N3O3. The second kappa shape index (κ2) is 9.69. The van der Waals surface area contributed by atoms with Crippen LogP contribution in [0.1, 0.15) is 48.5 Å². The number of halogens is 2. The van der Waals surface area contributed by atoms with Gasteiger partial charge in [0.2, 0.25) is 0 Å². The number of carbonyl (C=O) groups excluding carboxylic acids is 1. The van der Waals surface area contributed by atoms with Gasteiger partial charge in [-0.1, -0.05) is 23.7 Å². The van der Waals surface area contributed by atoms with E-state index in [0.29, 0.717) is 13.1 Å². The molecule has 4 rings (SSSR count). The number of aromatic carboxylic acids is 1. The first-order valence-corrected chi connectivity index (χ1v) is 11.1. The first-order valence-electron chi connectivity index (χ1n) is 10.7. The van der Waals surface area contributed by atoms with Crippen LogP contribution < -0.4 is 10.6 Å². The van der Waals surface area contributed by atoms with Gasteiger partial charge in [-0.3, -0.25) is 4.90 Å². The van der Waals surface area contributed by atoms with Crippen LogP contribution in [0.3, 0.4) is 0 Å². The van der Waals surface area contributed by atoms with E-state index in [1.807, 2.05) is 30.0 Å². The molecule has 0 unspecified atom stereocenters. The van der Waals surface area contributed by atoms with E-state index in [2.05, 4.69) is 6.07 Å². The third-order valence-electron chi connectivity index (χ3n) is 6.93. The lowest BCUT2D eigenvalue weighted by molar-refractivity contribution is 0.0697. The van der Waals surface area contributed by atoms with Crippen molar-refractivity contribution in [3.8, 4) is 0 Å². The lowest BCUT2D eigenvalue weighted by Gasteiger charge is -2.42. The molecule has 2 amide bonds. The smallest absolute Gasteiger partial charge is 0.335 e. The van der Waals surface area contributed by atoms with E-state index in [4.69, 9.17) is 22.4 Å². The molecule has 2 aromatic carbocycles. The SMILES string of the molecule is C[C@H]1CN(C2CCC(CN)(c3cccc(Cl)c3)CC2)C(=O)N1c1ccc(C(=O)O)cc1.Cl. The summed E-state index contributed by atoms with van der Waals surface area (Å²) in [6.45, 7) is 3.26. The Balaban J connectivity index is 0.00000289. The van der Waals surface area contributed by atoms with Crippen LogP contribution in [0.25, 0.3) is 0 Å². The molecule has 2 aromatic rings. The molecule has 2 aliphatic rings. The largest absolute Gasteiger partial charge is 0.478 e. The minimum Gasteiger partial charge on any atom is -0.478 e. The molecule has 172 valence electrons. The normalized spacial score (nSPS) is 25.5. The summed E-state index contributed by atoms with van der Waals surface area (Å²) in [6.07, 6.45) is 3.63. The minimum atomic E-state index is -0.973. The van der Waals surface area contributed by atoms with E-state index >= 15 is 0 Å². The maximum atomic E-state index is 13.3. The maximum absolute atomic E-state index is 13.3. The zero-order chi connectivity index (χ0) is 22.2. The Labute approximate surface area is 199 Å². The van der Waals surface area contributed by atoms with Crippen molar-refractivity contribution in [2.75, 3.05) is 18.0 Å². The summed E-state index contributed by atoms with van der Waals surface area (Å²) in [5.74, 6) is -0.973. The summed E-state index contributed by atoms with van der Waals surface area (Å²) in [4.78, 5) is 28.1. The lowest BCUT2D eigenvalue weighted by atomic mass is 9.68. The van der Waals surface area contributed by atoms with Gasteiger partial charge in [0.05, 0.1) is 11.6 Å². The molecule has 1 saturated carbocycles. The highest BCUT2D eigenvalue weighted by Crippen LogP contribution is 2.42. The van der Waals surface area contributed by atoms with Crippen LogP contribution in [0.15, 0.2) is 48.5 Å². The third kappa shape index (κ3) is 4.45. The van der Waals surface area contributed by atoms with Crippen LogP contribution in [-0.2, 0) is 5.41 Å². The molecule has 3 N–H and O–H groups in total. The highest BCUT2D eigenvalue weighted by atomic mass is 35.5. The van der Waals surface area contributed by atoms with Crippen molar-refractivity contribution >= 4 is 41.7 Å². The molecule has 8 heteroatoms. The van der Waals surface area contributed by atoms with Gasteiger partial charge in [0, 0.05) is 35.3 Å². The zero-order valence-electron chi connectivity index (χ0n) is 18.0. The van der Waals surface area contributed by atoms with Gasteiger partial charge in [-0.2, -0.15) is 0 Å². The molecule has 1 atom stereocenters. The van der Waals surface area contributed by atoms with Gasteiger partial charge in [-0.15, -0.1) is 12.4 Å². The first kappa shape index (κ1) is 24.4. The number of amides is 2. The Hall–Kier alpha value is -2.28. The highest BCUT2D eigenvalue weighted by molar-refractivity contribution is 6.30. The Morgan fingerprint density at radius 3 is 2.41 bits per heavy atom. The number of carboxylic acids is 1. The summed E-state index contributed by atoms with van der Waals surface area (Å²) < 4.78 is 0. The molecule has 32 heavy (non-hydrogen) atoms. The van der Waals surface area contributed by atoms with Crippen molar-refractivity contribution in [2.45, 2.75) is 50.1 Å². The fourth-order valence-corrected chi connectivity index (χ4v) is 5.29. The molecule has 1 aliphatic carbocycles. The molecule has 6 nitrogen and oxygen atoms in total. The Kier molecular flexibility index (Phi) is 7.38. The molecule has 1 heterocycles. The average molecular weight is 478 g/mol. The second-order valence-electron chi connectivity index (χ2n) is 8.73. The monoisotopic (exact) mass is 477 g/mol. The fraction of sp³-hybridized carbons (Fsp3) is 0.417. The molecule has 1 saturated heterocycles. The van der Waals surface area contributed by atoms with Gasteiger partial charge in [0.1, 0.15) is 0 Å². The van der Waals surface area contributed by atoms with Crippen LogP contribution in [-0.4, -0.2) is 47.2 Å². The molecule has 0 bridgehead atoms. The van der Waals surface area contributed by atoms with Crippen LogP contribution in [0, 0.1) is 0 Å². The maximum Gasteiger partial charge on any atom is 0.335 e. The summed E-state index contributed by atoms with van der Waals surface area (Å²) in [5, 5.41) is 9.84. The van der Waals surface area contributed by atoms with Gasteiger partial charge in [0.25, 0.3) is 0 Å². The van der Waals surface area contributed by atoms with Crippen molar-refractivity contribution in [1.82, 2.24) is 4.90 Å². The van der Waals surface area contributed by atoms with Gasteiger partial charge in [-0.05, 0) is 74.6 Å². The molecular weight excluding hydrogens is 449 g/mol. The number of carbonyl (C=O) groups is 2. The van der Waals surface area contributed by atoms with E-state index < -0.39 is 5.97 Å². The van der Waals surface area contributed by atoms with E-state index in [9.17, 15) is 9.59 Å². The molecule has 1 aliphatic heterocycles. The molecule has 2 fully saturated rings. The predicted octanol–water partition coefficient (Wildman–Crippen LogP) is 4.93. The second-order valence-corrected chi connectivity index (χ2v) is 9.17. The molecule has 0 radical (unpaired) electrons. The summed E-state index contributed by atoms with van der Waals surface area (Å²) in [7, 11) is 0. The zero-order valence-corrected chi connectivity index (χ0v) is 19.6. The van der Waals surface area contributed by atoms with Crippen molar-refractivity contribution in [1.29, 1.82) is 0 Å². The number of urea groups is 1. The van der Waals surface area contributed by atoms with Crippen molar-refractivity contribution < 1.29 is 14.7 Å². The summed E-state index contributed by atoms with van der Waals surface area (Å²) in [6, 6.07) is 14.7. The topological polar surface area (TPSA) is 86.9 Å². The van der Waals surface area contributed by atoms with Crippen molar-refractivity contribution in [3.05, 3.63) is 64.7 Å². The fourth-order valence-electron chi connectivity index (χ4n) is 5.10. The van der Waals surface area contributed by atoms with Gasteiger partial charge in [-0.25, -0.2) is 9.59 Å². The predicted molar refractivity (Wildman–Crippen MR) is 129 cm³/mol. The van der Waals surface area contributed by atoms with Gasteiger partial charge < -0.3 is 15.7 Å². The number of nitrogens with two attached hydrogens (primary N) is 1. The van der Waals surface area contributed by atoms with Gasteiger partial charge in [0.15, 0.2) is 0 Å². The lowest BCUT2D eigenvalue weighted by Crippen LogP contribution is -2.46. The highest BCUT2D eigenvalue weighted by Gasteiger charge is 2.43. The van der Waals surface area contributed by atoms with Crippen molar-refractivity contribution in [2.24, 2.45) is 5.73 Å². The van der Waals surface area contributed by atoms with E-state index in [0.717, 1.165) is 36.4 Å². The van der Waals surface area contributed by atoms with Gasteiger partial charge >= 0.3 is 12.0 Å². The van der Waals surface area contributed by atoms with Crippen molar-refractivity contribution in [3.63, 3.8) is 0 Å².